The highest BCUT2D eigenvalue weighted by Gasteiger charge is 2.39. The van der Waals surface area contributed by atoms with E-state index < -0.39 is 21.5 Å². The number of hydrogen-bond donors (Lipinski definition) is 3. The van der Waals surface area contributed by atoms with Gasteiger partial charge >= 0.3 is 0 Å². The number of carbonyl (C=O) groups excluding carboxylic acids is 2. The van der Waals surface area contributed by atoms with Crippen molar-refractivity contribution in [3.8, 4) is 6.07 Å². The van der Waals surface area contributed by atoms with Crippen LogP contribution in [0.15, 0.2) is 30.5 Å². The normalized spacial score (nSPS) is 17.9. The molecule has 35 heavy (non-hydrogen) atoms. The molecule has 186 valence electrons. The molecule has 12 heteroatoms. The Bertz CT molecular complexity index is 1270. The van der Waals surface area contributed by atoms with Gasteiger partial charge in [-0.05, 0) is 43.4 Å². The van der Waals surface area contributed by atoms with Crippen molar-refractivity contribution < 1.29 is 18.0 Å². The van der Waals surface area contributed by atoms with E-state index in [1.165, 1.54) is 6.20 Å². The Hall–Kier alpha value is -3.43. The molecule has 2 fully saturated rings. The maximum Gasteiger partial charge on any atom is 0.254 e. The Morgan fingerprint density at radius 2 is 2.00 bits per heavy atom. The number of hydrogen-bond acceptors (Lipinski definition) is 7. The van der Waals surface area contributed by atoms with Crippen molar-refractivity contribution in [2.24, 2.45) is 11.7 Å². The van der Waals surface area contributed by atoms with Gasteiger partial charge in [-0.1, -0.05) is 12.1 Å². The summed E-state index contributed by atoms with van der Waals surface area (Å²) >= 11 is 0. The van der Waals surface area contributed by atoms with Gasteiger partial charge in [-0.25, -0.2) is 8.42 Å². The standard InChI is InChI=1S/C23H29N7O4S/c1-35(33,34)28-18-4-2-3-16(13-18)14-29-11-8-23(7-10-24,9-12-29)30-15-19(20(25)31)21(27-30)26-22(32)17-5-6-17/h2-4,13,15,17,28H,5-9,11-12,14H2,1H3,(H2,25,31)(H,26,27,32). The van der Waals surface area contributed by atoms with E-state index in [4.69, 9.17) is 5.73 Å². The summed E-state index contributed by atoms with van der Waals surface area (Å²) in [6.45, 7) is 1.96. The Morgan fingerprint density at radius 3 is 2.60 bits per heavy atom. The molecule has 1 aromatic heterocycles. The van der Waals surface area contributed by atoms with Gasteiger partial charge in [0.15, 0.2) is 5.82 Å². The van der Waals surface area contributed by atoms with Crippen LogP contribution in [0.4, 0.5) is 11.5 Å². The van der Waals surface area contributed by atoms with Crippen LogP contribution in [0.2, 0.25) is 0 Å². The number of sulfonamides is 1. The van der Waals surface area contributed by atoms with Gasteiger partial charge in [0.1, 0.15) is 5.56 Å². The van der Waals surface area contributed by atoms with E-state index in [0.717, 1.165) is 24.7 Å². The van der Waals surface area contributed by atoms with Crippen LogP contribution in [-0.4, -0.2) is 54.3 Å². The van der Waals surface area contributed by atoms with E-state index in [2.05, 4.69) is 26.1 Å². The fraction of sp³-hybridized carbons (Fsp3) is 0.478. The zero-order valence-corrected chi connectivity index (χ0v) is 20.3. The number of aromatic nitrogens is 2. The Labute approximate surface area is 204 Å². The van der Waals surface area contributed by atoms with Crippen LogP contribution in [0, 0.1) is 17.2 Å². The van der Waals surface area contributed by atoms with Gasteiger partial charge in [0, 0.05) is 37.4 Å². The van der Waals surface area contributed by atoms with Crippen LogP contribution in [0.25, 0.3) is 0 Å². The number of nitrogens with zero attached hydrogens (tertiary/aromatic N) is 4. The average molecular weight is 500 g/mol. The molecule has 2 aromatic rings. The second kappa shape index (κ2) is 9.67. The molecule has 0 unspecified atom stereocenters. The lowest BCUT2D eigenvalue weighted by Gasteiger charge is -2.40. The fourth-order valence-electron chi connectivity index (χ4n) is 4.42. The SMILES string of the molecule is CS(=O)(=O)Nc1cccc(CN2CCC(CC#N)(n3cc(C(N)=O)c(NC(=O)C4CC4)n3)CC2)c1. The first-order valence-corrected chi connectivity index (χ1v) is 13.3. The maximum absolute atomic E-state index is 12.2. The molecule has 2 aliphatic rings. The second-order valence-electron chi connectivity index (χ2n) is 9.37. The summed E-state index contributed by atoms with van der Waals surface area (Å²) in [5, 5.41) is 16.8. The van der Waals surface area contributed by atoms with Gasteiger partial charge in [-0.15, -0.1) is 0 Å². The first-order valence-electron chi connectivity index (χ1n) is 11.5. The number of likely N-dealkylation sites (tertiary alicyclic amines) is 1. The molecular weight excluding hydrogens is 470 g/mol. The maximum atomic E-state index is 12.2. The van der Waals surface area contributed by atoms with Gasteiger partial charge < -0.3 is 11.1 Å². The Kier molecular flexibility index (Phi) is 6.82. The third kappa shape index (κ3) is 5.98. The van der Waals surface area contributed by atoms with Crippen molar-refractivity contribution in [2.75, 3.05) is 29.4 Å². The summed E-state index contributed by atoms with van der Waals surface area (Å²) in [4.78, 5) is 26.5. The summed E-state index contributed by atoms with van der Waals surface area (Å²) in [6, 6.07) is 9.50. The highest BCUT2D eigenvalue weighted by atomic mass is 32.2. The predicted octanol–water partition coefficient (Wildman–Crippen LogP) is 1.61. The summed E-state index contributed by atoms with van der Waals surface area (Å²) in [6.07, 6.45) is 5.71. The largest absolute Gasteiger partial charge is 0.365 e. The molecule has 4 rings (SSSR count). The minimum Gasteiger partial charge on any atom is -0.365 e. The molecule has 0 spiro atoms. The molecule has 0 radical (unpaired) electrons. The van der Waals surface area contributed by atoms with E-state index >= 15 is 0 Å². The molecule has 0 atom stereocenters. The third-order valence-electron chi connectivity index (χ3n) is 6.49. The number of benzene rings is 1. The van der Waals surface area contributed by atoms with Crippen LogP contribution in [0.5, 0.6) is 0 Å². The molecular formula is C23H29N7O4S. The molecule has 0 bridgehead atoms. The zero-order valence-electron chi connectivity index (χ0n) is 19.5. The third-order valence-corrected chi connectivity index (χ3v) is 7.09. The molecule has 11 nitrogen and oxygen atoms in total. The molecule has 1 saturated heterocycles. The van der Waals surface area contributed by atoms with Crippen molar-refractivity contribution in [1.29, 1.82) is 5.26 Å². The van der Waals surface area contributed by atoms with E-state index in [-0.39, 0.29) is 29.6 Å². The van der Waals surface area contributed by atoms with E-state index in [9.17, 15) is 23.3 Å². The van der Waals surface area contributed by atoms with Crippen molar-refractivity contribution in [2.45, 2.75) is 44.2 Å². The van der Waals surface area contributed by atoms with Crippen molar-refractivity contribution in [3.05, 3.63) is 41.6 Å². The molecule has 1 aliphatic heterocycles. The fourth-order valence-corrected chi connectivity index (χ4v) is 4.98. The number of nitrogens with two attached hydrogens (primary N) is 1. The van der Waals surface area contributed by atoms with E-state index in [1.807, 2.05) is 6.07 Å². The minimum absolute atomic E-state index is 0.0525. The van der Waals surface area contributed by atoms with Crippen LogP contribution in [0.1, 0.15) is 48.0 Å². The number of carbonyl (C=O) groups is 2. The summed E-state index contributed by atoms with van der Waals surface area (Å²) in [5.41, 5.74) is 6.52. The molecule has 2 amide bonds. The average Bonchev–Trinajstić information content (AvgIpc) is 3.54. The number of piperidine rings is 1. The van der Waals surface area contributed by atoms with Crippen LogP contribution in [0.3, 0.4) is 0 Å². The number of primary amides is 1. The number of nitriles is 1. The summed E-state index contributed by atoms with van der Waals surface area (Å²) in [7, 11) is -3.36. The molecule has 4 N–H and O–H groups in total. The van der Waals surface area contributed by atoms with Crippen molar-refractivity contribution in [3.63, 3.8) is 0 Å². The molecule has 1 aromatic carbocycles. The lowest BCUT2D eigenvalue weighted by atomic mass is 9.84. The number of nitrogens with one attached hydrogen (secondary N) is 2. The van der Waals surface area contributed by atoms with Gasteiger partial charge in [-0.2, -0.15) is 10.4 Å². The highest BCUT2D eigenvalue weighted by Crippen LogP contribution is 2.36. The van der Waals surface area contributed by atoms with Crippen molar-refractivity contribution >= 4 is 33.3 Å². The molecule has 1 saturated carbocycles. The predicted molar refractivity (Wildman–Crippen MR) is 130 cm³/mol. The summed E-state index contributed by atoms with van der Waals surface area (Å²) < 4.78 is 27.2. The monoisotopic (exact) mass is 499 g/mol. The Morgan fingerprint density at radius 1 is 1.29 bits per heavy atom. The highest BCUT2D eigenvalue weighted by molar-refractivity contribution is 7.92. The first-order chi connectivity index (χ1) is 16.6. The van der Waals surface area contributed by atoms with Crippen molar-refractivity contribution in [1.82, 2.24) is 14.7 Å². The molecule has 2 heterocycles. The number of amides is 2. The van der Waals surface area contributed by atoms with Gasteiger partial charge in [0.05, 0.1) is 24.3 Å². The minimum atomic E-state index is -3.36. The van der Waals surface area contributed by atoms with E-state index in [1.54, 1.807) is 22.9 Å². The molecule has 1 aliphatic carbocycles. The number of rotatable bonds is 9. The van der Waals surface area contributed by atoms with Gasteiger partial charge in [0.2, 0.25) is 15.9 Å². The lowest BCUT2D eigenvalue weighted by molar-refractivity contribution is -0.117. The lowest BCUT2D eigenvalue weighted by Crippen LogP contribution is -2.46. The Balaban J connectivity index is 1.48. The summed E-state index contributed by atoms with van der Waals surface area (Å²) in [5.74, 6) is -0.767. The topological polar surface area (TPSA) is 163 Å². The number of anilines is 2. The van der Waals surface area contributed by atoms with Gasteiger partial charge in [0.25, 0.3) is 5.91 Å². The van der Waals surface area contributed by atoms with E-state index in [0.29, 0.717) is 38.2 Å². The smallest absolute Gasteiger partial charge is 0.254 e. The van der Waals surface area contributed by atoms with Crippen LogP contribution < -0.4 is 15.8 Å². The van der Waals surface area contributed by atoms with Gasteiger partial charge in [-0.3, -0.25) is 23.9 Å². The first kappa shape index (κ1) is 24.7. The zero-order chi connectivity index (χ0) is 25.2. The second-order valence-corrected chi connectivity index (χ2v) is 11.1. The quantitative estimate of drug-likeness (QED) is 0.472. The van der Waals surface area contributed by atoms with Crippen LogP contribution >= 0.6 is 0 Å². The van der Waals surface area contributed by atoms with Crippen LogP contribution in [-0.2, 0) is 26.9 Å².